The fourth-order valence-corrected chi connectivity index (χ4v) is 6.58. The van der Waals surface area contributed by atoms with Crippen molar-refractivity contribution in [3.8, 4) is 5.75 Å². The molecule has 2 aliphatic carbocycles. The summed E-state index contributed by atoms with van der Waals surface area (Å²) in [6.45, 7) is 6.65. The smallest absolute Gasteiger partial charge is 0.149 e. The first-order chi connectivity index (χ1) is 15.6. The van der Waals surface area contributed by atoms with E-state index in [4.69, 9.17) is 16.3 Å². The lowest BCUT2D eigenvalue weighted by atomic mass is 9.68. The van der Waals surface area contributed by atoms with E-state index in [0.717, 1.165) is 55.4 Å². The maximum atomic E-state index is 15.3. The molecule has 0 aromatic heterocycles. The normalized spacial score (nSPS) is 27.3. The van der Waals surface area contributed by atoms with Crippen molar-refractivity contribution in [2.45, 2.75) is 129 Å². The number of hydrogen-bond acceptors (Lipinski definition) is 1. The molecular weight excluding hydrogens is 419 g/mol. The van der Waals surface area contributed by atoms with Gasteiger partial charge < -0.3 is 4.74 Å². The van der Waals surface area contributed by atoms with Gasteiger partial charge in [-0.3, -0.25) is 0 Å². The number of unbranched alkanes of at least 4 members (excludes halogenated alkanes) is 2. The molecule has 0 heterocycles. The molecule has 182 valence electrons. The van der Waals surface area contributed by atoms with Gasteiger partial charge in [-0.25, -0.2) is 4.39 Å². The standard InChI is InChI=1S/C29H46ClFO/c1-4-7-8-10-25(6-3)32-27-20-19-26(29(31)28(27)30)24-17-15-23(16-18-24)22-13-11-21(9-5-2)12-14-22/h19-25H,4-18H2,1-3H3. The van der Waals surface area contributed by atoms with Gasteiger partial charge in [-0.05, 0) is 93.1 Å². The third-order valence-corrected chi connectivity index (χ3v) is 8.77. The Kier molecular flexibility index (Phi) is 10.7. The zero-order valence-corrected chi connectivity index (χ0v) is 21.6. The summed E-state index contributed by atoms with van der Waals surface area (Å²) in [6.07, 6.45) is 18.8. The molecule has 1 unspecified atom stereocenters. The zero-order chi connectivity index (χ0) is 22.9. The van der Waals surface area contributed by atoms with Crippen molar-refractivity contribution in [3.05, 3.63) is 28.5 Å². The van der Waals surface area contributed by atoms with Crippen molar-refractivity contribution in [1.82, 2.24) is 0 Å². The van der Waals surface area contributed by atoms with Gasteiger partial charge in [0.05, 0.1) is 6.10 Å². The van der Waals surface area contributed by atoms with E-state index >= 15 is 4.39 Å². The van der Waals surface area contributed by atoms with Crippen LogP contribution in [0.3, 0.4) is 0 Å². The van der Waals surface area contributed by atoms with Crippen LogP contribution in [-0.2, 0) is 0 Å². The van der Waals surface area contributed by atoms with Crippen LogP contribution in [-0.4, -0.2) is 6.10 Å². The van der Waals surface area contributed by atoms with E-state index in [0.29, 0.717) is 11.7 Å². The van der Waals surface area contributed by atoms with Crippen LogP contribution in [0.4, 0.5) is 4.39 Å². The van der Waals surface area contributed by atoms with Gasteiger partial charge in [0, 0.05) is 0 Å². The summed E-state index contributed by atoms with van der Waals surface area (Å²) in [4.78, 5) is 0. The lowest BCUT2D eigenvalue weighted by Crippen LogP contribution is -2.25. The summed E-state index contributed by atoms with van der Waals surface area (Å²) in [6, 6.07) is 3.88. The fraction of sp³-hybridized carbons (Fsp3) is 0.793. The summed E-state index contributed by atoms with van der Waals surface area (Å²) >= 11 is 6.47. The Morgan fingerprint density at radius 3 is 2.16 bits per heavy atom. The Bertz CT molecular complexity index is 674. The summed E-state index contributed by atoms with van der Waals surface area (Å²) in [5.41, 5.74) is 0.812. The highest BCUT2D eigenvalue weighted by molar-refractivity contribution is 6.32. The number of ether oxygens (including phenoxy) is 1. The molecule has 1 aromatic carbocycles. The molecule has 0 aliphatic heterocycles. The molecule has 2 saturated carbocycles. The Hall–Kier alpha value is -0.760. The second kappa shape index (κ2) is 13.2. The maximum absolute atomic E-state index is 15.3. The third-order valence-electron chi connectivity index (χ3n) is 8.42. The predicted octanol–water partition coefficient (Wildman–Crippen LogP) is 10.1. The first kappa shape index (κ1) is 25.9. The largest absolute Gasteiger partial charge is 0.489 e. The molecule has 0 saturated heterocycles. The average molecular weight is 465 g/mol. The van der Waals surface area contributed by atoms with E-state index in [-0.39, 0.29) is 16.9 Å². The molecule has 0 spiro atoms. The number of hydrogen-bond donors (Lipinski definition) is 0. The van der Waals surface area contributed by atoms with E-state index < -0.39 is 0 Å². The van der Waals surface area contributed by atoms with Gasteiger partial charge in [-0.15, -0.1) is 0 Å². The number of rotatable bonds is 11. The van der Waals surface area contributed by atoms with Crippen LogP contribution in [0, 0.1) is 23.6 Å². The lowest BCUT2D eigenvalue weighted by molar-refractivity contribution is 0.156. The second-order valence-corrected chi connectivity index (χ2v) is 11.0. The van der Waals surface area contributed by atoms with E-state index in [9.17, 15) is 0 Å². The first-order valence-corrected chi connectivity index (χ1v) is 14.1. The number of halogens is 2. The van der Waals surface area contributed by atoms with Crippen molar-refractivity contribution in [1.29, 1.82) is 0 Å². The molecule has 2 aliphatic rings. The van der Waals surface area contributed by atoms with Crippen molar-refractivity contribution in [2.24, 2.45) is 17.8 Å². The van der Waals surface area contributed by atoms with Gasteiger partial charge >= 0.3 is 0 Å². The van der Waals surface area contributed by atoms with Gasteiger partial charge in [0.15, 0.2) is 0 Å². The molecule has 1 nitrogen and oxygen atoms in total. The predicted molar refractivity (Wildman–Crippen MR) is 135 cm³/mol. The average Bonchev–Trinajstić information content (AvgIpc) is 2.82. The van der Waals surface area contributed by atoms with Crippen molar-refractivity contribution in [2.75, 3.05) is 0 Å². The quantitative estimate of drug-likeness (QED) is 0.296. The third kappa shape index (κ3) is 6.87. The molecule has 0 radical (unpaired) electrons. The summed E-state index contributed by atoms with van der Waals surface area (Å²) in [5.74, 6) is 3.32. The summed E-state index contributed by atoms with van der Waals surface area (Å²) < 4.78 is 21.4. The zero-order valence-electron chi connectivity index (χ0n) is 20.8. The maximum Gasteiger partial charge on any atom is 0.149 e. The SMILES string of the molecule is CCCCCC(CC)Oc1ccc(C2CCC(C3CCC(CCC)CC3)CC2)c(F)c1Cl. The minimum absolute atomic E-state index is 0.118. The van der Waals surface area contributed by atoms with Crippen LogP contribution in [0.25, 0.3) is 0 Å². The van der Waals surface area contributed by atoms with Crippen LogP contribution in [0.2, 0.25) is 5.02 Å². The minimum Gasteiger partial charge on any atom is -0.489 e. The Morgan fingerprint density at radius 2 is 1.56 bits per heavy atom. The highest BCUT2D eigenvalue weighted by Gasteiger charge is 2.32. The van der Waals surface area contributed by atoms with Gasteiger partial charge in [-0.2, -0.15) is 0 Å². The minimum atomic E-state index is -0.240. The lowest BCUT2D eigenvalue weighted by Gasteiger charge is -2.38. The Labute approximate surface area is 201 Å². The molecule has 0 amide bonds. The van der Waals surface area contributed by atoms with Gasteiger partial charge in [0.2, 0.25) is 0 Å². The van der Waals surface area contributed by atoms with E-state index in [2.05, 4.69) is 20.8 Å². The second-order valence-electron chi connectivity index (χ2n) is 10.6. The van der Waals surface area contributed by atoms with Crippen LogP contribution >= 0.6 is 11.6 Å². The molecule has 0 N–H and O–H groups in total. The van der Waals surface area contributed by atoms with Crippen molar-refractivity contribution >= 4 is 11.6 Å². The van der Waals surface area contributed by atoms with Gasteiger partial charge in [0.1, 0.15) is 16.6 Å². The topological polar surface area (TPSA) is 9.23 Å². The Morgan fingerprint density at radius 1 is 0.906 bits per heavy atom. The molecule has 32 heavy (non-hydrogen) atoms. The van der Waals surface area contributed by atoms with Crippen molar-refractivity contribution < 1.29 is 9.13 Å². The monoisotopic (exact) mass is 464 g/mol. The molecule has 2 fully saturated rings. The Balaban J connectivity index is 1.53. The molecule has 1 aromatic rings. The van der Waals surface area contributed by atoms with Gasteiger partial charge in [0.25, 0.3) is 0 Å². The highest BCUT2D eigenvalue weighted by Crippen LogP contribution is 2.46. The molecule has 3 heteroatoms. The number of benzene rings is 1. The molecule has 3 rings (SSSR count). The van der Waals surface area contributed by atoms with E-state index in [1.54, 1.807) is 0 Å². The van der Waals surface area contributed by atoms with Crippen LogP contribution in [0.1, 0.15) is 129 Å². The van der Waals surface area contributed by atoms with E-state index in [1.165, 1.54) is 64.2 Å². The summed E-state index contributed by atoms with van der Waals surface area (Å²) in [5, 5.41) is 0.188. The van der Waals surface area contributed by atoms with Crippen LogP contribution < -0.4 is 4.74 Å². The van der Waals surface area contributed by atoms with Crippen molar-refractivity contribution in [3.63, 3.8) is 0 Å². The highest BCUT2D eigenvalue weighted by atomic mass is 35.5. The van der Waals surface area contributed by atoms with Crippen LogP contribution in [0.15, 0.2) is 12.1 Å². The fourth-order valence-electron chi connectivity index (χ4n) is 6.36. The van der Waals surface area contributed by atoms with Gasteiger partial charge in [-0.1, -0.05) is 77.0 Å². The van der Waals surface area contributed by atoms with Crippen LogP contribution in [0.5, 0.6) is 5.75 Å². The first-order valence-electron chi connectivity index (χ1n) is 13.7. The molecular formula is C29H46ClFO. The van der Waals surface area contributed by atoms with E-state index in [1.807, 2.05) is 12.1 Å². The molecule has 1 atom stereocenters. The molecule has 0 bridgehead atoms. The summed E-state index contributed by atoms with van der Waals surface area (Å²) in [7, 11) is 0.